The topological polar surface area (TPSA) is 45.2 Å². The summed E-state index contributed by atoms with van der Waals surface area (Å²) in [6.45, 7) is 6.00. The Balaban J connectivity index is 2.18. The van der Waals surface area contributed by atoms with Gasteiger partial charge in [0.1, 0.15) is 0 Å². The quantitative estimate of drug-likeness (QED) is 0.917. The molecule has 1 fully saturated rings. The molecule has 0 aromatic carbocycles. The first kappa shape index (κ1) is 14.8. The Morgan fingerprint density at radius 3 is 3.10 bits per heavy atom. The number of nitrogens with one attached hydrogen (secondary N) is 1. The van der Waals surface area contributed by atoms with Gasteiger partial charge in [0.05, 0.1) is 17.4 Å². The SMILES string of the molecule is CCCNc1cnccc1C(=O)N1CCCCCC1C. The van der Waals surface area contributed by atoms with Gasteiger partial charge in [-0.1, -0.05) is 19.8 Å². The maximum atomic E-state index is 12.8. The molecule has 1 aromatic rings. The minimum atomic E-state index is 0.139. The second-order valence-electron chi connectivity index (χ2n) is 5.54. The zero-order chi connectivity index (χ0) is 14.4. The van der Waals surface area contributed by atoms with Crippen LogP contribution in [0.25, 0.3) is 0 Å². The van der Waals surface area contributed by atoms with Gasteiger partial charge in [-0.05, 0) is 32.3 Å². The molecule has 2 rings (SSSR count). The minimum Gasteiger partial charge on any atom is -0.383 e. The standard InChI is InChI=1S/C16H25N3O/c1-3-9-18-15-12-17-10-8-14(15)16(20)19-11-6-4-5-7-13(19)2/h8,10,12-13,18H,3-7,9,11H2,1-2H3. The molecule has 0 radical (unpaired) electrons. The average Bonchev–Trinajstić information content (AvgIpc) is 2.69. The van der Waals surface area contributed by atoms with Crippen molar-refractivity contribution < 1.29 is 4.79 Å². The van der Waals surface area contributed by atoms with E-state index in [1.807, 2.05) is 11.0 Å². The summed E-state index contributed by atoms with van der Waals surface area (Å²) in [5, 5.41) is 3.30. The molecule has 1 aliphatic heterocycles. The number of pyridine rings is 1. The number of anilines is 1. The first-order valence-corrected chi connectivity index (χ1v) is 7.73. The minimum absolute atomic E-state index is 0.139. The summed E-state index contributed by atoms with van der Waals surface area (Å²) in [5.74, 6) is 0.139. The van der Waals surface area contributed by atoms with Crippen molar-refractivity contribution in [1.82, 2.24) is 9.88 Å². The predicted molar refractivity (Wildman–Crippen MR) is 82.0 cm³/mol. The lowest BCUT2D eigenvalue weighted by molar-refractivity contribution is 0.0699. The molecular weight excluding hydrogens is 250 g/mol. The van der Waals surface area contributed by atoms with Crippen molar-refractivity contribution in [3.05, 3.63) is 24.0 Å². The molecule has 0 saturated carbocycles. The van der Waals surface area contributed by atoms with E-state index in [1.165, 1.54) is 12.8 Å². The largest absolute Gasteiger partial charge is 0.383 e. The third kappa shape index (κ3) is 3.50. The summed E-state index contributed by atoms with van der Waals surface area (Å²) >= 11 is 0. The van der Waals surface area contributed by atoms with Crippen LogP contribution in [0.2, 0.25) is 0 Å². The molecule has 1 saturated heterocycles. The highest BCUT2D eigenvalue weighted by atomic mass is 16.2. The summed E-state index contributed by atoms with van der Waals surface area (Å²) in [7, 11) is 0. The Bertz CT molecular complexity index is 447. The highest BCUT2D eigenvalue weighted by Gasteiger charge is 2.24. The van der Waals surface area contributed by atoms with E-state index in [0.717, 1.165) is 43.6 Å². The third-order valence-electron chi connectivity index (χ3n) is 3.93. The van der Waals surface area contributed by atoms with Crippen molar-refractivity contribution in [1.29, 1.82) is 0 Å². The lowest BCUT2D eigenvalue weighted by Crippen LogP contribution is -2.38. The zero-order valence-electron chi connectivity index (χ0n) is 12.6. The molecule has 1 unspecified atom stereocenters. The number of hydrogen-bond donors (Lipinski definition) is 1. The number of aromatic nitrogens is 1. The fourth-order valence-corrected chi connectivity index (χ4v) is 2.71. The van der Waals surface area contributed by atoms with Crippen molar-refractivity contribution in [2.75, 3.05) is 18.4 Å². The van der Waals surface area contributed by atoms with Gasteiger partial charge in [-0.3, -0.25) is 9.78 Å². The molecule has 1 aromatic heterocycles. The molecule has 1 amide bonds. The molecule has 4 nitrogen and oxygen atoms in total. The van der Waals surface area contributed by atoms with Crippen molar-refractivity contribution in [3.63, 3.8) is 0 Å². The normalized spacial score (nSPS) is 19.5. The molecule has 1 N–H and O–H groups in total. The van der Waals surface area contributed by atoms with Crippen molar-refractivity contribution >= 4 is 11.6 Å². The zero-order valence-corrected chi connectivity index (χ0v) is 12.6. The number of likely N-dealkylation sites (tertiary alicyclic amines) is 1. The summed E-state index contributed by atoms with van der Waals surface area (Å²) in [5.41, 5.74) is 1.61. The molecule has 0 spiro atoms. The third-order valence-corrected chi connectivity index (χ3v) is 3.93. The Kier molecular flexibility index (Phi) is 5.39. The number of amides is 1. The Morgan fingerprint density at radius 2 is 2.30 bits per heavy atom. The van der Waals surface area contributed by atoms with E-state index in [0.29, 0.717) is 6.04 Å². The van der Waals surface area contributed by atoms with Gasteiger partial charge < -0.3 is 10.2 Å². The van der Waals surface area contributed by atoms with Crippen LogP contribution in [0.1, 0.15) is 56.3 Å². The van der Waals surface area contributed by atoms with E-state index in [4.69, 9.17) is 0 Å². The van der Waals surface area contributed by atoms with Crippen LogP contribution in [0.3, 0.4) is 0 Å². The Hall–Kier alpha value is -1.58. The van der Waals surface area contributed by atoms with Crippen LogP contribution < -0.4 is 5.32 Å². The molecule has 0 bridgehead atoms. The number of hydrogen-bond acceptors (Lipinski definition) is 3. The number of rotatable bonds is 4. The second-order valence-corrected chi connectivity index (χ2v) is 5.54. The van der Waals surface area contributed by atoms with Crippen LogP contribution in [-0.4, -0.2) is 34.9 Å². The lowest BCUT2D eigenvalue weighted by Gasteiger charge is -2.28. The first-order chi connectivity index (χ1) is 9.74. The van der Waals surface area contributed by atoms with Gasteiger partial charge in [0.15, 0.2) is 0 Å². The summed E-state index contributed by atoms with van der Waals surface area (Å²) in [6.07, 6.45) is 9.15. The Morgan fingerprint density at radius 1 is 1.45 bits per heavy atom. The van der Waals surface area contributed by atoms with Gasteiger partial charge in [0.2, 0.25) is 0 Å². The van der Waals surface area contributed by atoms with Gasteiger partial charge in [0.25, 0.3) is 5.91 Å². The molecule has 20 heavy (non-hydrogen) atoms. The van der Waals surface area contributed by atoms with Crippen molar-refractivity contribution in [2.24, 2.45) is 0 Å². The fourth-order valence-electron chi connectivity index (χ4n) is 2.71. The molecule has 1 atom stereocenters. The van der Waals surface area contributed by atoms with Gasteiger partial charge in [-0.25, -0.2) is 0 Å². The van der Waals surface area contributed by atoms with E-state index in [-0.39, 0.29) is 5.91 Å². The number of carbonyl (C=O) groups is 1. The summed E-state index contributed by atoms with van der Waals surface area (Å²) in [6, 6.07) is 2.16. The molecule has 4 heteroatoms. The molecule has 110 valence electrons. The molecular formula is C16H25N3O. The number of carbonyl (C=O) groups excluding carboxylic acids is 1. The fraction of sp³-hybridized carbons (Fsp3) is 0.625. The maximum Gasteiger partial charge on any atom is 0.256 e. The van der Waals surface area contributed by atoms with Gasteiger partial charge in [-0.15, -0.1) is 0 Å². The van der Waals surface area contributed by atoms with Crippen LogP contribution in [0.5, 0.6) is 0 Å². The molecule has 1 aliphatic rings. The van der Waals surface area contributed by atoms with Crippen molar-refractivity contribution in [2.45, 2.75) is 52.0 Å². The first-order valence-electron chi connectivity index (χ1n) is 7.73. The van der Waals surface area contributed by atoms with E-state index >= 15 is 0 Å². The number of nitrogens with zero attached hydrogens (tertiary/aromatic N) is 2. The highest BCUT2D eigenvalue weighted by Crippen LogP contribution is 2.22. The van der Waals surface area contributed by atoms with Crippen LogP contribution in [0.15, 0.2) is 18.5 Å². The smallest absolute Gasteiger partial charge is 0.256 e. The second kappa shape index (κ2) is 7.27. The van der Waals surface area contributed by atoms with Crippen LogP contribution in [0, 0.1) is 0 Å². The van der Waals surface area contributed by atoms with Crippen LogP contribution in [-0.2, 0) is 0 Å². The van der Waals surface area contributed by atoms with E-state index < -0.39 is 0 Å². The maximum absolute atomic E-state index is 12.8. The van der Waals surface area contributed by atoms with E-state index in [1.54, 1.807) is 12.4 Å². The highest BCUT2D eigenvalue weighted by molar-refractivity contribution is 5.99. The van der Waals surface area contributed by atoms with Crippen LogP contribution in [0.4, 0.5) is 5.69 Å². The predicted octanol–water partition coefficient (Wildman–Crippen LogP) is 3.31. The van der Waals surface area contributed by atoms with Crippen molar-refractivity contribution in [3.8, 4) is 0 Å². The Labute approximate surface area is 121 Å². The average molecular weight is 275 g/mol. The van der Waals surface area contributed by atoms with Gasteiger partial charge in [0, 0.05) is 25.3 Å². The lowest BCUT2D eigenvalue weighted by atomic mass is 10.1. The van der Waals surface area contributed by atoms with Gasteiger partial charge in [-0.2, -0.15) is 0 Å². The van der Waals surface area contributed by atoms with E-state index in [9.17, 15) is 4.79 Å². The van der Waals surface area contributed by atoms with E-state index in [2.05, 4.69) is 24.1 Å². The monoisotopic (exact) mass is 275 g/mol. The molecule has 2 heterocycles. The van der Waals surface area contributed by atoms with Crippen LogP contribution >= 0.6 is 0 Å². The molecule has 0 aliphatic carbocycles. The van der Waals surface area contributed by atoms with Gasteiger partial charge >= 0.3 is 0 Å². The summed E-state index contributed by atoms with van der Waals surface area (Å²) < 4.78 is 0. The summed E-state index contributed by atoms with van der Waals surface area (Å²) in [4.78, 5) is 19.0.